The molecule has 0 unspecified atom stereocenters. The van der Waals surface area contributed by atoms with Gasteiger partial charge in [0.1, 0.15) is 12.4 Å². The van der Waals surface area contributed by atoms with Gasteiger partial charge in [-0.2, -0.15) is 5.10 Å². The van der Waals surface area contributed by atoms with Crippen molar-refractivity contribution in [2.45, 2.75) is 20.1 Å². The molecule has 1 heterocycles. The number of nitrogens with zero attached hydrogens (tertiary/aromatic N) is 2. The van der Waals surface area contributed by atoms with Gasteiger partial charge in [-0.1, -0.05) is 27.5 Å². The van der Waals surface area contributed by atoms with Crippen molar-refractivity contribution >= 4 is 27.5 Å². The number of halogens is 2. The molecule has 17 heavy (non-hydrogen) atoms. The highest BCUT2D eigenvalue weighted by atomic mass is 79.9. The van der Waals surface area contributed by atoms with Crippen LogP contribution in [0.15, 0.2) is 35.1 Å². The van der Waals surface area contributed by atoms with Gasteiger partial charge in [0.2, 0.25) is 0 Å². The van der Waals surface area contributed by atoms with Gasteiger partial charge in [0.15, 0.2) is 0 Å². The number of aromatic nitrogens is 2. The minimum Gasteiger partial charge on any atom is -0.487 e. The molecule has 0 N–H and O–H groups in total. The van der Waals surface area contributed by atoms with Crippen LogP contribution in [-0.4, -0.2) is 9.78 Å². The zero-order valence-electron chi connectivity index (χ0n) is 9.36. The molecule has 0 atom stereocenters. The molecule has 90 valence electrons. The summed E-state index contributed by atoms with van der Waals surface area (Å²) in [6, 6.07) is 5.54. The van der Waals surface area contributed by atoms with Gasteiger partial charge in [0.05, 0.1) is 11.2 Å². The Kier molecular flexibility index (Phi) is 4.07. The quantitative estimate of drug-likeness (QED) is 0.855. The summed E-state index contributed by atoms with van der Waals surface area (Å²) in [5.74, 6) is 0.672. The zero-order valence-corrected chi connectivity index (χ0v) is 11.7. The highest BCUT2D eigenvalue weighted by Crippen LogP contribution is 2.28. The van der Waals surface area contributed by atoms with Gasteiger partial charge in [-0.05, 0) is 25.1 Å². The second-order valence-electron chi connectivity index (χ2n) is 3.57. The van der Waals surface area contributed by atoms with E-state index < -0.39 is 0 Å². The van der Waals surface area contributed by atoms with E-state index in [1.165, 1.54) is 0 Å². The van der Waals surface area contributed by atoms with E-state index in [1.807, 2.05) is 29.9 Å². The van der Waals surface area contributed by atoms with Crippen LogP contribution in [0.1, 0.15) is 12.5 Å². The average molecular weight is 316 g/mol. The second-order valence-corrected chi connectivity index (χ2v) is 4.89. The van der Waals surface area contributed by atoms with Crippen LogP contribution in [0.2, 0.25) is 5.02 Å². The molecule has 0 saturated carbocycles. The third-order valence-electron chi connectivity index (χ3n) is 2.30. The fourth-order valence-corrected chi connectivity index (χ4v) is 1.91. The van der Waals surface area contributed by atoms with Crippen LogP contribution < -0.4 is 4.74 Å². The zero-order chi connectivity index (χ0) is 12.3. The van der Waals surface area contributed by atoms with Crippen LogP contribution in [-0.2, 0) is 13.2 Å². The first kappa shape index (κ1) is 12.5. The SMILES string of the molecule is CCn1cc(COc2cc(Br)ccc2Cl)cn1. The van der Waals surface area contributed by atoms with E-state index in [2.05, 4.69) is 21.0 Å². The highest BCUT2D eigenvalue weighted by molar-refractivity contribution is 9.10. The molecule has 0 aliphatic heterocycles. The lowest BCUT2D eigenvalue weighted by molar-refractivity contribution is 0.306. The van der Waals surface area contributed by atoms with Gasteiger partial charge < -0.3 is 4.74 Å². The molecule has 1 aromatic carbocycles. The van der Waals surface area contributed by atoms with Crippen molar-refractivity contribution in [3.05, 3.63) is 45.7 Å². The topological polar surface area (TPSA) is 27.1 Å². The van der Waals surface area contributed by atoms with E-state index in [-0.39, 0.29) is 0 Å². The summed E-state index contributed by atoms with van der Waals surface area (Å²) in [7, 11) is 0. The molecule has 0 aliphatic rings. The molecule has 5 heteroatoms. The monoisotopic (exact) mass is 314 g/mol. The number of hydrogen-bond donors (Lipinski definition) is 0. The van der Waals surface area contributed by atoms with E-state index in [1.54, 1.807) is 12.3 Å². The Balaban J connectivity index is 2.04. The summed E-state index contributed by atoms with van der Waals surface area (Å²) >= 11 is 9.41. The van der Waals surface area contributed by atoms with Gasteiger partial charge in [-0.15, -0.1) is 0 Å². The fourth-order valence-electron chi connectivity index (χ4n) is 1.40. The number of benzene rings is 1. The van der Waals surface area contributed by atoms with Crippen molar-refractivity contribution in [3.8, 4) is 5.75 Å². The number of ether oxygens (including phenoxy) is 1. The van der Waals surface area contributed by atoms with E-state index >= 15 is 0 Å². The lowest BCUT2D eigenvalue weighted by Crippen LogP contribution is -1.95. The van der Waals surface area contributed by atoms with Crippen LogP contribution >= 0.6 is 27.5 Å². The first-order valence-electron chi connectivity index (χ1n) is 5.28. The molecular formula is C12H12BrClN2O. The van der Waals surface area contributed by atoms with Gasteiger partial charge in [-0.3, -0.25) is 4.68 Å². The molecule has 0 bridgehead atoms. The summed E-state index contributed by atoms with van der Waals surface area (Å²) in [5, 5.41) is 4.79. The number of rotatable bonds is 4. The van der Waals surface area contributed by atoms with E-state index in [0.717, 1.165) is 16.6 Å². The Hall–Kier alpha value is -1.00. The van der Waals surface area contributed by atoms with Crippen molar-refractivity contribution in [2.75, 3.05) is 0 Å². The predicted molar refractivity (Wildman–Crippen MR) is 71.4 cm³/mol. The molecule has 2 aromatic rings. The van der Waals surface area contributed by atoms with Gasteiger partial charge >= 0.3 is 0 Å². The molecule has 2 rings (SSSR count). The standard InChI is InChI=1S/C12H12BrClN2O/c1-2-16-7-9(6-15-16)8-17-12-5-10(13)3-4-11(12)14/h3-7H,2,8H2,1H3. The molecule has 1 aromatic heterocycles. The second kappa shape index (κ2) is 5.56. The Bertz CT molecular complexity index is 513. The maximum atomic E-state index is 6.03. The van der Waals surface area contributed by atoms with E-state index in [4.69, 9.17) is 16.3 Å². The van der Waals surface area contributed by atoms with Crippen molar-refractivity contribution in [2.24, 2.45) is 0 Å². The van der Waals surface area contributed by atoms with Gasteiger partial charge in [0.25, 0.3) is 0 Å². The first-order valence-corrected chi connectivity index (χ1v) is 6.45. The average Bonchev–Trinajstić information content (AvgIpc) is 2.78. The molecule has 0 radical (unpaired) electrons. The summed E-state index contributed by atoms with van der Waals surface area (Å²) in [6.07, 6.45) is 3.77. The fraction of sp³-hybridized carbons (Fsp3) is 0.250. The van der Waals surface area contributed by atoms with Gasteiger partial charge in [-0.25, -0.2) is 0 Å². The summed E-state index contributed by atoms with van der Waals surface area (Å²) in [4.78, 5) is 0. The van der Waals surface area contributed by atoms with E-state index in [0.29, 0.717) is 17.4 Å². The normalized spacial score (nSPS) is 10.5. The maximum absolute atomic E-state index is 6.03. The first-order chi connectivity index (χ1) is 8.19. The Labute approximate surface area is 113 Å². The Morgan fingerprint density at radius 3 is 3.00 bits per heavy atom. The maximum Gasteiger partial charge on any atom is 0.139 e. The minimum absolute atomic E-state index is 0.468. The summed E-state index contributed by atoms with van der Waals surface area (Å²) < 4.78 is 8.45. The van der Waals surface area contributed by atoms with Crippen LogP contribution in [0.5, 0.6) is 5.75 Å². The number of hydrogen-bond acceptors (Lipinski definition) is 2. The molecule has 0 fully saturated rings. The Morgan fingerprint density at radius 2 is 2.29 bits per heavy atom. The Morgan fingerprint density at radius 1 is 1.47 bits per heavy atom. The molecule has 0 aliphatic carbocycles. The molecule has 3 nitrogen and oxygen atoms in total. The van der Waals surface area contributed by atoms with Crippen molar-refractivity contribution in [3.63, 3.8) is 0 Å². The van der Waals surface area contributed by atoms with Crippen molar-refractivity contribution < 1.29 is 4.74 Å². The van der Waals surface area contributed by atoms with E-state index in [9.17, 15) is 0 Å². The molecule has 0 saturated heterocycles. The van der Waals surface area contributed by atoms with Crippen molar-refractivity contribution in [1.29, 1.82) is 0 Å². The summed E-state index contributed by atoms with van der Waals surface area (Å²) in [5.41, 5.74) is 1.03. The smallest absolute Gasteiger partial charge is 0.139 e. The minimum atomic E-state index is 0.468. The lowest BCUT2D eigenvalue weighted by Gasteiger charge is -2.06. The highest BCUT2D eigenvalue weighted by Gasteiger charge is 2.04. The largest absolute Gasteiger partial charge is 0.487 e. The molecule has 0 amide bonds. The van der Waals surface area contributed by atoms with Crippen LogP contribution in [0.25, 0.3) is 0 Å². The van der Waals surface area contributed by atoms with Gasteiger partial charge in [0, 0.05) is 22.8 Å². The summed E-state index contributed by atoms with van der Waals surface area (Å²) in [6.45, 7) is 3.37. The number of aryl methyl sites for hydroxylation is 1. The van der Waals surface area contributed by atoms with Crippen LogP contribution in [0.4, 0.5) is 0 Å². The third-order valence-corrected chi connectivity index (χ3v) is 3.10. The van der Waals surface area contributed by atoms with Crippen molar-refractivity contribution in [1.82, 2.24) is 9.78 Å². The van der Waals surface area contributed by atoms with Crippen LogP contribution in [0, 0.1) is 0 Å². The van der Waals surface area contributed by atoms with Crippen LogP contribution in [0.3, 0.4) is 0 Å². The third kappa shape index (κ3) is 3.23. The predicted octanol–water partition coefficient (Wildman–Crippen LogP) is 3.90. The molecular weight excluding hydrogens is 304 g/mol. The lowest BCUT2D eigenvalue weighted by atomic mass is 10.3. The molecule has 0 spiro atoms.